The monoisotopic (exact) mass is 361 g/mol. The van der Waals surface area contributed by atoms with Crippen LogP contribution in [-0.2, 0) is 6.42 Å². The van der Waals surface area contributed by atoms with Gasteiger partial charge in [-0.25, -0.2) is 9.49 Å². The first-order valence-electron chi connectivity index (χ1n) is 8.22. The Morgan fingerprint density at radius 1 is 1.20 bits per heavy atom. The molecule has 0 radical (unpaired) electrons. The molecule has 0 spiro atoms. The van der Waals surface area contributed by atoms with Gasteiger partial charge in [0, 0.05) is 28.6 Å². The van der Waals surface area contributed by atoms with Gasteiger partial charge >= 0.3 is 0 Å². The predicted molar refractivity (Wildman–Crippen MR) is 102 cm³/mol. The third-order valence-electron chi connectivity index (χ3n) is 3.56. The van der Waals surface area contributed by atoms with E-state index in [1.54, 1.807) is 0 Å². The number of aromatic nitrogens is 2. The maximum Gasteiger partial charge on any atom is 0.272 e. The molecule has 1 unspecified atom stereocenters. The third kappa shape index (κ3) is 4.57. The molecule has 2 N–H and O–H groups in total. The van der Waals surface area contributed by atoms with Gasteiger partial charge in [0.2, 0.25) is 0 Å². The molecule has 1 aliphatic heterocycles. The van der Waals surface area contributed by atoms with Crippen LogP contribution in [0.15, 0.2) is 47.3 Å². The van der Waals surface area contributed by atoms with Crippen molar-refractivity contribution in [3.05, 3.63) is 69.4 Å². The number of hydrogen-bond acceptors (Lipinski definition) is 3. The van der Waals surface area contributed by atoms with Crippen LogP contribution in [-0.4, -0.2) is 16.2 Å². The number of halogens is 2. The number of nitrogens with one attached hydrogen (secondary N) is 2. The second-order valence-electron chi connectivity index (χ2n) is 5.42. The van der Waals surface area contributed by atoms with Gasteiger partial charge in [-0.15, -0.1) is 0 Å². The number of benzene rings is 2. The second kappa shape index (κ2) is 8.62. The van der Waals surface area contributed by atoms with E-state index in [-0.39, 0.29) is 11.6 Å². The van der Waals surface area contributed by atoms with Gasteiger partial charge in [-0.2, -0.15) is 5.10 Å². The smallest absolute Gasteiger partial charge is 0.272 e. The Kier molecular flexibility index (Phi) is 6.53. The summed E-state index contributed by atoms with van der Waals surface area (Å²) in [6, 6.07) is 12.3. The molecule has 0 saturated carbocycles. The molecule has 3 aromatic rings. The molecule has 1 aromatic heterocycles. The van der Waals surface area contributed by atoms with Gasteiger partial charge in [-0.3, -0.25) is 4.79 Å². The van der Waals surface area contributed by atoms with Crippen molar-refractivity contribution >= 4 is 28.1 Å². The average molecular weight is 362 g/mol. The SMILES string of the molecule is CC.CC1Cc2n[nH]c(=O)c3cc(F)cc(c23)N1.Clc1ccccc1. The van der Waals surface area contributed by atoms with Crippen LogP contribution in [0.2, 0.25) is 5.02 Å². The molecule has 25 heavy (non-hydrogen) atoms. The minimum absolute atomic E-state index is 0.191. The highest BCUT2D eigenvalue weighted by Gasteiger charge is 2.20. The average Bonchev–Trinajstić information content (AvgIpc) is 2.60. The summed E-state index contributed by atoms with van der Waals surface area (Å²) in [5, 5.41) is 11.5. The van der Waals surface area contributed by atoms with Crippen molar-refractivity contribution in [2.75, 3.05) is 5.32 Å². The number of anilines is 1. The molecule has 0 saturated heterocycles. The van der Waals surface area contributed by atoms with E-state index in [4.69, 9.17) is 11.6 Å². The normalized spacial score (nSPS) is 14.5. The minimum atomic E-state index is -0.410. The molecule has 4 nitrogen and oxygen atoms in total. The molecule has 1 atom stereocenters. The third-order valence-corrected chi connectivity index (χ3v) is 3.82. The van der Waals surface area contributed by atoms with Crippen molar-refractivity contribution in [3.63, 3.8) is 0 Å². The molecule has 2 aromatic carbocycles. The largest absolute Gasteiger partial charge is 0.382 e. The summed E-state index contributed by atoms with van der Waals surface area (Å²) in [7, 11) is 0. The lowest BCUT2D eigenvalue weighted by Gasteiger charge is -2.23. The van der Waals surface area contributed by atoms with Crippen LogP contribution in [0, 0.1) is 5.82 Å². The van der Waals surface area contributed by atoms with Gasteiger partial charge in [0.15, 0.2) is 0 Å². The predicted octanol–water partition coefficient (Wildman–Crippen LogP) is 4.78. The maximum absolute atomic E-state index is 13.3. The molecule has 1 aliphatic rings. The first-order chi connectivity index (χ1) is 12.0. The Morgan fingerprint density at radius 3 is 2.48 bits per heavy atom. The van der Waals surface area contributed by atoms with Gasteiger partial charge in [0.05, 0.1) is 11.1 Å². The van der Waals surface area contributed by atoms with Crippen LogP contribution in [0.4, 0.5) is 10.1 Å². The van der Waals surface area contributed by atoms with Gasteiger partial charge in [0.1, 0.15) is 5.82 Å². The molecule has 6 heteroatoms. The van der Waals surface area contributed by atoms with Crippen LogP contribution in [0.1, 0.15) is 26.5 Å². The maximum atomic E-state index is 13.3. The van der Waals surface area contributed by atoms with E-state index in [1.807, 2.05) is 51.1 Å². The van der Waals surface area contributed by atoms with E-state index in [0.717, 1.165) is 22.5 Å². The summed E-state index contributed by atoms with van der Waals surface area (Å²) in [6.07, 6.45) is 0.728. The van der Waals surface area contributed by atoms with Gasteiger partial charge in [0.25, 0.3) is 5.56 Å². The first-order valence-corrected chi connectivity index (χ1v) is 8.60. The topological polar surface area (TPSA) is 57.8 Å². The van der Waals surface area contributed by atoms with Crippen molar-refractivity contribution in [1.29, 1.82) is 0 Å². The lowest BCUT2D eigenvalue weighted by molar-refractivity contribution is 0.628. The summed E-state index contributed by atoms with van der Waals surface area (Å²) in [6.45, 7) is 5.99. The van der Waals surface area contributed by atoms with Crippen LogP contribution >= 0.6 is 11.6 Å². The fraction of sp³-hybridized carbons (Fsp3) is 0.263. The van der Waals surface area contributed by atoms with E-state index in [0.29, 0.717) is 11.1 Å². The summed E-state index contributed by atoms with van der Waals surface area (Å²) in [4.78, 5) is 11.5. The highest BCUT2D eigenvalue weighted by Crippen LogP contribution is 2.30. The Bertz CT molecular complexity index is 896. The number of H-pyrrole nitrogens is 1. The van der Waals surface area contributed by atoms with Gasteiger partial charge in [-0.1, -0.05) is 43.6 Å². The zero-order valence-electron chi connectivity index (χ0n) is 14.4. The van der Waals surface area contributed by atoms with Crippen LogP contribution in [0.3, 0.4) is 0 Å². The summed E-state index contributed by atoms with van der Waals surface area (Å²) in [5.41, 5.74) is 1.12. The van der Waals surface area contributed by atoms with E-state index >= 15 is 0 Å². The number of nitrogens with zero attached hydrogens (tertiary/aromatic N) is 1. The number of hydrogen-bond donors (Lipinski definition) is 2. The first kappa shape index (κ1) is 18.9. The number of aromatic amines is 1. The van der Waals surface area contributed by atoms with Crippen molar-refractivity contribution in [2.24, 2.45) is 0 Å². The van der Waals surface area contributed by atoms with E-state index in [1.165, 1.54) is 12.1 Å². The second-order valence-corrected chi connectivity index (χ2v) is 5.86. The fourth-order valence-electron chi connectivity index (χ4n) is 2.61. The van der Waals surface area contributed by atoms with Crippen LogP contribution in [0.25, 0.3) is 10.8 Å². The highest BCUT2D eigenvalue weighted by atomic mass is 35.5. The Balaban J connectivity index is 0.000000211. The molecular formula is C19H21ClFN3O. The minimum Gasteiger partial charge on any atom is -0.382 e. The van der Waals surface area contributed by atoms with Gasteiger partial charge < -0.3 is 5.32 Å². The molecular weight excluding hydrogens is 341 g/mol. The highest BCUT2D eigenvalue weighted by molar-refractivity contribution is 6.30. The van der Waals surface area contributed by atoms with Crippen molar-refractivity contribution in [3.8, 4) is 0 Å². The molecule has 0 amide bonds. The van der Waals surface area contributed by atoms with Crippen molar-refractivity contribution in [2.45, 2.75) is 33.2 Å². The molecule has 4 rings (SSSR count). The van der Waals surface area contributed by atoms with E-state index < -0.39 is 5.82 Å². The summed E-state index contributed by atoms with van der Waals surface area (Å²) >= 11 is 5.54. The lowest BCUT2D eigenvalue weighted by atomic mass is 9.99. The summed E-state index contributed by atoms with van der Waals surface area (Å²) < 4.78 is 13.3. The molecule has 132 valence electrons. The Hall–Kier alpha value is -2.40. The molecule has 0 aliphatic carbocycles. The van der Waals surface area contributed by atoms with Gasteiger partial charge in [-0.05, 0) is 31.2 Å². The van der Waals surface area contributed by atoms with E-state index in [9.17, 15) is 9.18 Å². The van der Waals surface area contributed by atoms with Crippen LogP contribution < -0.4 is 10.9 Å². The fourth-order valence-corrected chi connectivity index (χ4v) is 2.76. The van der Waals surface area contributed by atoms with Crippen molar-refractivity contribution in [1.82, 2.24) is 10.2 Å². The Morgan fingerprint density at radius 2 is 1.88 bits per heavy atom. The van der Waals surface area contributed by atoms with Crippen molar-refractivity contribution < 1.29 is 4.39 Å². The zero-order valence-corrected chi connectivity index (χ0v) is 15.2. The molecule has 0 bridgehead atoms. The van der Waals surface area contributed by atoms with E-state index in [2.05, 4.69) is 15.5 Å². The molecule has 2 heterocycles. The molecule has 0 fully saturated rings. The number of rotatable bonds is 0. The quantitative estimate of drug-likeness (QED) is 0.605. The lowest BCUT2D eigenvalue weighted by Crippen LogP contribution is -2.26. The standard InChI is InChI=1S/C11H10FN3O.C6H5Cl.C2H6/c1-5-2-9-10-7(11(16)15-14-9)3-6(12)4-8(10)13-5;7-6-4-2-1-3-5-6;1-2/h3-5,13H,2H2,1H3,(H,15,16);1-5H;1-2H3. The zero-order chi connectivity index (χ0) is 18.4. The Labute approximate surface area is 151 Å². The summed E-state index contributed by atoms with van der Waals surface area (Å²) in [5.74, 6) is -0.410. The van der Waals surface area contributed by atoms with Crippen LogP contribution in [0.5, 0.6) is 0 Å².